The highest BCUT2D eigenvalue weighted by Crippen LogP contribution is 2.17. The summed E-state index contributed by atoms with van der Waals surface area (Å²) in [7, 11) is 0. The fourth-order valence-corrected chi connectivity index (χ4v) is 3.02. The smallest absolute Gasteiger partial charge is 0.251 e. The van der Waals surface area contributed by atoms with Gasteiger partial charge in [0.1, 0.15) is 0 Å². The number of nitrogens with zero attached hydrogens (tertiary/aromatic N) is 3. The van der Waals surface area contributed by atoms with Crippen LogP contribution >= 0.6 is 0 Å². The summed E-state index contributed by atoms with van der Waals surface area (Å²) in [6.07, 6.45) is 9.33. The molecule has 4 aromatic rings. The molecule has 2 aromatic carbocycles. The van der Waals surface area contributed by atoms with Crippen molar-refractivity contribution in [2.24, 2.45) is 0 Å². The zero-order valence-electron chi connectivity index (χ0n) is 15.0. The van der Waals surface area contributed by atoms with Gasteiger partial charge < -0.3 is 14.5 Å². The average Bonchev–Trinajstić information content (AvgIpc) is 3.42. The van der Waals surface area contributed by atoms with E-state index in [0.29, 0.717) is 5.56 Å². The van der Waals surface area contributed by atoms with E-state index in [1.807, 2.05) is 95.3 Å². The summed E-state index contributed by atoms with van der Waals surface area (Å²) >= 11 is 0. The van der Waals surface area contributed by atoms with Crippen LogP contribution in [0.25, 0.3) is 11.4 Å². The zero-order valence-corrected chi connectivity index (χ0v) is 15.0. The van der Waals surface area contributed by atoms with Crippen molar-refractivity contribution >= 4 is 5.91 Å². The van der Waals surface area contributed by atoms with Crippen LogP contribution in [0.5, 0.6) is 0 Å². The van der Waals surface area contributed by atoms with Crippen LogP contribution in [0.15, 0.2) is 91.8 Å². The standard InChI is InChI=1S/C22H20N4O/c1-17(18-7-9-20(10-8-18)26-14-11-23-16-26)24-22(27)19-5-4-6-21(15-19)25-12-2-3-13-25/h2-17H,1H3,(H,24,27)/t17-/m1/s1. The van der Waals surface area contributed by atoms with Crippen LogP contribution in [-0.4, -0.2) is 20.0 Å². The summed E-state index contributed by atoms with van der Waals surface area (Å²) in [5, 5.41) is 3.07. The molecule has 1 N–H and O–H groups in total. The number of carbonyl (C=O) groups is 1. The second-order valence-electron chi connectivity index (χ2n) is 6.40. The van der Waals surface area contributed by atoms with E-state index < -0.39 is 0 Å². The van der Waals surface area contributed by atoms with Gasteiger partial charge in [-0.2, -0.15) is 0 Å². The molecule has 0 spiro atoms. The fraction of sp³-hybridized carbons (Fsp3) is 0.0909. The molecule has 0 bridgehead atoms. The van der Waals surface area contributed by atoms with Gasteiger partial charge in [0.15, 0.2) is 0 Å². The third kappa shape index (κ3) is 3.67. The van der Waals surface area contributed by atoms with E-state index in [9.17, 15) is 4.79 Å². The van der Waals surface area contributed by atoms with Gasteiger partial charge in [-0.15, -0.1) is 0 Å². The topological polar surface area (TPSA) is 51.9 Å². The number of imidazole rings is 1. The lowest BCUT2D eigenvalue weighted by atomic mass is 10.1. The normalized spacial score (nSPS) is 11.9. The molecule has 5 nitrogen and oxygen atoms in total. The number of hydrogen-bond donors (Lipinski definition) is 1. The first kappa shape index (κ1) is 16.8. The van der Waals surface area contributed by atoms with Crippen molar-refractivity contribution in [3.05, 3.63) is 103 Å². The van der Waals surface area contributed by atoms with Crippen molar-refractivity contribution in [1.82, 2.24) is 19.4 Å². The van der Waals surface area contributed by atoms with Crippen LogP contribution < -0.4 is 5.32 Å². The van der Waals surface area contributed by atoms with Gasteiger partial charge in [-0.05, 0) is 55.0 Å². The maximum Gasteiger partial charge on any atom is 0.251 e. The first-order valence-corrected chi connectivity index (χ1v) is 8.83. The Bertz CT molecular complexity index is 1020. The fourth-order valence-electron chi connectivity index (χ4n) is 3.02. The molecule has 134 valence electrons. The van der Waals surface area contributed by atoms with Crippen molar-refractivity contribution in [1.29, 1.82) is 0 Å². The van der Waals surface area contributed by atoms with Crippen molar-refractivity contribution in [3.63, 3.8) is 0 Å². The van der Waals surface area contributed by atoms with Crippen LogP contribution in [0.4, 0.5) is 0 Å². The van der Waals surface area contributed by atoms with Crippen LogP contribution in [-0.2, 0) is 0 Å². The van der Waals surface area contributed by atoms with Crippen molar-refractivity contribution in [3.8, 4) is 11.4 Å². The Hall–Kier alpha value is -3.60. The minimum absolute atomic E-state index is 0.0878. The minimum atomic E-state index is -0.0930. The summed E-state index contributed by atoms with van der Waals surface area (Å²) in [5.74, 6) is -0.0878. The molecule has 5 heteroatoms. The Morgan fingerprint density at radius 3 is 2.41 bits per heavy atom. The number of carbonyl (C=O) groups excluding carboxylic acids is 1. The van der Waals surface area contributed by atoms with Gasteiger partial charge >= 0.3 is 0 Å². The number of amides is 1. The summed E-state index contributed by atoms with van der Waals surface area (Å²) in [5.41, 5.74) is 3.69. The zero-order chi connectivity index (χ0) is 18.6. The van der Waals surface area contributed by atoms with E-state index in [0.717, 1.165) is 16.9 Å². The molecule has 0 unspecified atom stereocenters. The van der Waals surface area contributed by atoms with Crippen LogP contribution in [0.2, 0.25) is 0 Å². The van der Waals surface area contributed by atoms with E-state index in [4.69, 9.17) is 0 Å². The molecule has 0 saturated heterocycles. The van der Waals surface area contributed by atoms with E-state index in [2.05, 4.69) is 10.3 Å². The second-order valence-corrected chi connectivity index (χ2v) is 6.40. The highest BCUT2D eigenvalue weighted by Gasteiger charge is 2.12. The molecular formula is C22H20N4O. The lowest BCUT2D eigenvalue weighted by molar-refractivity contribution is 0.0940. The molecule has 0 saturated carbocycles. The number of nitrogens with one attached hydrogen (secondary N) is 1. The van der Waals surface area contributed by atoms with Crippen LogP contribution in [0.3, 0.4) is 0 Å². The Labute approximate surface area is 157 Å². The largest absolute Gasteiger partial charge is 0.346 e. The van der Waals surface area contributed by atoms with Crippen LogP contribution in [0.1, 0.15) is 28.9 Å². The van der Waals surface area contributed by atoms with E-state index in [1.54, 1.807) is 12.5 Å². The maximum absolute atomic E-state index is 12.7. The van der Waals surface area contributed by atoms with Gasteiger partial charge in [-0.25, -0.2) is 4.98 Å². The predicted octanol–water partition coefficient (Wildman–Crippen LogP) is 4.15. The minimum Gasteiger partial charge on any atom is -0.346 e. The van der Waals surface area contributed by atoms with E-state index in [-0.39, 0.29) is 11.9 Å². The Kier molecular flexibility index (Phi) is 4.58. The number of hydrogen-bond acceptors (Lipinski definition) is 2. The van der Waals surface area contributed by atoms with Gasteiger partial charge in [0.05, 0.1) is 12.4 Å². The Morgan fingerprint density at radius 2 is 1.70 bits per heavy atom. The van der Waals surface area contributed by atoms with E-state index >= 15 is 0 Å². The molecule has 0 aliphatic heterocycles. The van der Waals surface area contributed by atoms with Gasteiger partial charge in [-0.3, -0.25) is 4.79 Å². The third-order valence-electron chi connectivity index (χ3n) is 4.55. The predicted molar refractivity (Wildman–Crippen MR) is 105 cm³/mol. The monoisotopic (exact) mass is 356 g/mol. The molecular weight excluding hydrogens is 336 g/mol. The highest BCUT2D eigenvalue weighted by atomic mass is 16.1. The summed E-state index contributed by atoms with van der Waals surface area (Å²) in [4.78, 5) is 16.7. The van der Waals surface area contributed by atoms with Gasteiger partial charge in [-0.1, -0.05) is 18.2 Å². The van der Waals surface area contributed by atoms with Crippen LogP contribution in [0, 0.1) is 0 Å². The summed E-state index contributed by atoms with van der Waals surface area (Å²) < 4.78 is 3.93. The molecule has 27 heavy (non-hydrogen) atoms. The second kappa shape index (κ2) is 7.33. The molecule has 0 fully saturated rings. The number of aromatic nitrogens is 3. The first-order valence-electron chi connectivity index (χ1n) is 8.83. The molecule has 1 amide bonds. The lowest BCUT2D eigenvalue weighted by Crippen LogP contribution is -2.26. The van der Waals surface area contributed by atoms with Gasteiger partial charge in [0.2, 0.25) is 0 Å². The third-order valence-corrected chi connectivity index (χ3v) is 4.55. The molecule has 2 aromatic heterocycles. The van der Waals surface area contributed by atoms with E-state index in [1.165, 1.54) is 0 Å². The van der Waals surface area contributed by atoms with Gasteiger partial charge in [0.25, 0.3) is 5.91 Å². The first-order chi connectivity index (χ1) is 13.2. The van der Waals surface area contributed by atoms with Crippen molar-refractivity contribution in [2.45, 2.75) is 13.0 Å². The van der Waals surface area contributed by atoms with Gasteiger partial charge in [0, 0.05) is 41.7 Å². The molecule has 4 rings (SSSR count). The SMILES string of the molecule is C[C@@H](NC(=O)c1cccc(-n2cccc2)c1)c1ccc(-n2ccnc2)cc1. The average molecular weight is 356 g/mol. The Balaban J connectivity index is 1.47. The lowest BCUT2D eigenvalue weighted by Gasteiger charge is -2.15. The molecule has 0 aliphatic rings. The van der Waals surface area contributed by atoms with Crippen molar-refractivity contribution in [2.75, 3.05) is 0 Å². The molecule has 1 atom stereocenters. The summed E-state index contributed by atoms with van der Waals surface area (Å²) in [6, 6.07) is 19.5. The summed E-state index contributed by atoms with van der Waals surface area (Å²) in [6.45, 7) is 1.99. The molecule has 2 heterocycles. The Morgan fingerprint density at radius 1 is 0.926 bits per heavy atom. The maximum atomic E-state index is 12.7. The van der Waals surface area contributed by atoms with Crippen molar-refractivity contribution < 1.29 is 4.79 Å². The molecule has 0 aliphatic carbocycles. The quantitative estimate of drug-likeness (QED) is 0.584. The molecule has 0 radical (unpaired) electrons. The number of rotatable bonds is 5. The number of benzene rings is 2. The highest BCUT2D eigenvalue weighted by molar-refractivity contribution is 5.95.